The van der Waals surface area contributed by atoms with E-state index >= 15 is 0 Å². The van der Waals surface area contributed by atoms with E-state index in [1.54, 1.807) is 7.11 Å². The monoisotopic (exact) mass is 234 g/mol. The first-order chi connectivity index (χ1) is 8.26. The summed E-state index contributed by atoms with van der Waals surface area (Å²) in [5.41, 5.74) is 7.56. The lowest BCUT2D eigenvalue weighted by atomic mass is 9.91. The zero-order valence-corrected chi connectivity index (χ0v) is 10.7. The number of ether oxygens (including phenoxy) is 1. The molecule has 94 valence electrons. The first-order valence-corrected chi connectivity index (χ1v) is 6.40. The summed E-state index contributed by atoms with van der Waals surface area (Å²) in [7, 11) is 1.71. The molecule has 2 atom stereocenters. The van der Waals surface area contributed by atoms with Gasteiger partial charge in [0.25, 0.3) is 0 Å². The summed E-state index contributed by atoms with van der Waals surface area (Å²) >= 11 is 0. The van der Waals surface area contributed by atoms with Gasteiger partial charge in [-0.2, -0.15) is 0 Å². The number of hydrogen-bond donors (Lipinski definition) is 1. The highest BCUT2D eigenvalue weighted by Crippen LogP contribution is 2.31. The molecule has 2 rings (SSSR count). The van der Waals surface area contributed by atoms with Crippen molar-refractivity contribution in [3.63, 3.8) is 0 Å². The second kappa shape index (κ2) is 5.52. The normalized spacial score (nSPS) is 25.8. The lowest BCUT2D eigenvalue weighted by Crippen LogP contribution is -2.45. The van der Waals surface area contributed by atoms with Crippen molar-refractivity contribution in [3.05, 3.63) is 29.8 Å². The largest absolute Gasteiger partial charge is 0.497 e. The fourth-order valence-electron chi connectivity index (χ4n) is 2.74. The number of hydrogen-bond acceptors (Lipinski definition) is 3. The van der Waals surface area contributed by atoms with Gasteiger partial charge in [-0.25, -0.2) is 0 Å². The maximum atomic E-state index is 6.29. The average Bonchev–Trinajstić information content (AvgIpc) is 2.38. The Hall–Kier alpha value is -1.06. The third-order valence-electron chi connectivity index (χ3n) is 3.62. The van der Waals surface area contributed by atoms with Gasteiger partial charge in [0, 0.05) is 12.1 Å². The third kappa shape index (κ3) is 2.61. The maximum Gasteiger partial charge on any atom is 0.119 e. The number of likely N-dealkylation sites (N-methyl/N-ethyl adjacent to an activating group) is 1. The van der Waals surface area contributed by atoms with Crippen molar-refractivity contribution in [1.82, 2.24) is 4.90 Å². The van der Waals surface area contributed by atoms with Gasteiger partial charge in [-0.3, -0.25) is 4.90 Å². The molecule has 0 radical (unpaired) electrons. The molecule has 2 unspecified atom stereocenters. The van der Waals surface area contributed by atoms with Gasteiger partial charge in [-0.1, -0.05) is 19.1 Å². The molecule has 17 heavy (non-hydrogen) atoms. The second-order valence-electron chi connectivity index (χ2n) is 4.66. The smallest absolute Gasteiger partial charge is 0.119 e. The zero-order valence-electron chi connectivity index (χ0n) is 10.7. The molecule has 0 aliphatic carbocycles. The van der Waals surface area contributed by atoms with Crippen LogP contribution in [0.25, 0.3) is 0 Å². The number of rotatable bonds is 3. The molecule has 0 aromatic heterocycles. The summed E-state index contributed by atoms with van der Waals surface area (Å²) < 4.78 is 5.29. The van der Waals surface area contributed by atoms with E-state index in [-0.39, 0.29) is 6.04 Å². The quantitative estimate of drug-likeness (QED) is 0.871. The number of piperidine rings is 1. The molecule has 0 spiro atoms. The van der Waals surface area contributed by atoms with Crippen molar-refractivity contribution < 1.29 is 4.74 Å². The van der Waals surface area contributed by atoms with Gasteiger partial charge in [-0.05, 0) is 43.6 Å². The molecule has 0 bridgehead atoms. The Morgan fingerprint density at radius 2 is 2.29 bits per heavy atom. The lowest BCUT2D eigenvalue weighted by Gasteiger charge is -2.39. The Balaban J connectivity index is 2.27. The minimum atomic E-state index is 0.232. The number of benzene rings is 1. The summed E-state index contributed by atoms with van der Waals surface area (Å²) in [6, 6.07) is 8.86. The molecule has 3 heteroatoms. The van der Waals surface area contributed by atoms with Gasteiger partial charge in [0.05, 0.1) is 7.11 Å². The number of methoxy groups -OCH3 is 1. The molecule has 1 aliphatic rings. The van der Waals surface area contributed by atoms with E-state index in [4.69, 9.17) is 10.5 Å². The number of nitrogens with zero attached hydrogens (tertiary/aromatic N) is 1. The summed E-state index contributed by atoms with van der Waals surface area (Å²) in [5, 5.41) is 0. The van der Waals surface area contributed by atoms with Crippen molar-refractivity contribution in [2.24, 2.45) is 5.73 Å². The lowest BCUT2D eigenvalue weighted by molar-refractivity contribution is 0.135. The Kier molecular flexibility index (Phi) is 4.02. The van der Waals surface area contributed by atoms with Gasteiger partial charge >= 0.3 is 0 Å². The predicted molar refractivity (Wildman–Crippen MR) is 70.2 cm³/mol. The zero-order chi connectivity index (χ0) is 12.3. The summed E-state index contributed by atoms with van der Waals surface area (Å²) in [6.45, 7) is 4.40. The maximum absolute atomic E-state index is 6.29. The van der Waals surface area contributed by atoms with Crippen LogP contribution < -0.4 is 10.5 Å². The van der Waals surface area contributed by atoms with Crippen LogP contribution in [0.5, 0.6) is 5.75 Å². The van der Waals surface area contributed by atoms with Crippen molar-refractivity contribution in [3.8, 4) is 5.75 Å². The minimum absolute atomic E-state index is 0.232. The topological polar surface area (TPSA) is 38.5 Å². The van der Waals surface area contributed by atoms with Crippen LogP contribution >= 0.6 is 0 Å². The molecule has 1 fully saturated rings. The van der Waals surface area contributed by atoms with Crippen LogP contribution in [0.4, 0.5) is 0 Å². The van der Waals surface area contributed by atoms with E-state index in [1.807, 2.05) is 12.1 Å². The molecule has 1 aliphatic heterocycles. The van der Waals surface area contributed by atoms with Crippen molar-refractivity contribution in [2.75, 3.05) is 20.2 Å². The van der Waals surface area contributed by atoms with Crippen molar-refractivity contribution >= 4 is 0 Å². The fraction of sp³-hybridized carbons (Fsp3) is 0.571. The minimum Gasteiger partial charge on any atom is -0.497 e. The Morgan fingerprint density at radius 1 is 1.47 bits per heavy atom. The van der Waals surface area contributed by atoms with Crippen molar-refractivity contribution in [1.29, 1.82) is 0 Å². The van der Waals surface area contributed by atoms with E-state index in [1.165, 1.54) is 12.0 Å². The highest BCUT2D eigenvalue weighted by atomic mass is 16.5. The molecular weight excluding hydrogens is 212 g/mol. The first-order valence-electron chi connectivity index (χ1n) is 6.40. The van der Waals surface area contributed by atoms with Crippen LogP contribution in [-0.2, 0) is 0 Å². The van der Waals surface area contributed by atoms with E-state index < -0.39 is 0 Å². The van der Waals surface area contributed by atoms with Crippen LogP contribution in [0.1, 0.15) is 31.4 Å². The Bertz CT molecular complexity index is 367. The average molecular weight is 234 g/mol. The number of nitrogens with two attached hydrogens (primary N) is 1. The second-order valence-corrected chi connectivity index (χ2v) is 4.66. The molecular formula is C14H22N2O. The van der Waals surface area contributed by atoms with Crippen LogP contribution in [0.15, 0.2) is 24.3 Å². The molecule has 1 heterocycles. The predicted octanol–water partition coefficient (Wildman–Crippen LogP) is 2.18. The molecule has 1 aromatic carbocycles. The van der Waals surface area contributed by atoms with E-state index in [2.05, 4.69) is 24.0 Å². The third-order valence-corrected chi connectivity index (χ3v) is 3.62. The molecule has 1 saturated heterocycles. The van der Waals surface area contributed by atoms with Gasteiger partial charge in [-0.15, -0.1) is 0 Å². The molecule has 2 N–H and O–H groups in total. The van der Waals surface area contributed by atoms with Gasteiger partial charge < -0.3 is 10.5 Å². The van der Waals surface area contributed by atoms with Crippen LogP contribution in [0, 0.1) is 0 Å². The Morgan fingerprint density at radius 3 is 3.00 bits per heavy atom. The van der Waals surface area contributed by atoms with Gasteiger partial charge in [0.15, 0.2) is 0 Å². The number of likely N-dealkylation sites (tertiary alicyclic amines) is 1. The molecule has 0 amide bonds. The van der Waals surface area contributed by atoms with Gasteiger partial charge in [0.2, 0.25) is 0 Å². The van der Waals surface area contributed by atoms with Crippen LogP contribution in [-0.4, -0.2) is 31.1 Å². The first kappa shape index (κ1) is 12.4. The SMILES string of the molecule is CCN1CCCC(N)C1c1cccc(OC)c1. The van der Waals surface area contributed by atoms with E-state index in [0.717, 1.165) is 25.3 Å². The van der Waals surface area contributed by atoms with Crippen molar-refractivity contribution in [2.45, 2.75) is 31.8 Å². The summed E-state index contributed by atoms with van der Waals surface area (Å²) in [4.78, 5) is 2.46. The summed E-state index contributed by atoms with van der Waals surface area (Å²) in [6.07, 6.45) is 2.31. The molecule has 1 aromatic rings. The van der Waals surface area contributed by atoms with Gasteiger partial charge in [0.1, 0.15) is 5.75 Å². The standard InChI is InChI=1S/C14H22N2O/c1-3-16-9-5-8-13(15)14(16)11-6-4-7-12(10-11)17-2/h4,6-7,10,13-14H,3,5,8-9,15H2,1-2H3. The van der Waals surface area contributed by atoms with E-state index in [9.17, 15) is 0 Å². The summed E-state index contributed by atoms with van der Waals surface area (Å²) in [5.74, 6) is 0.913. The molecule has 0 saturated carbocycles. The highest BCUT2D eigenvalue weighted by molar-refractivity contribution is 5.31. The Labute approximate surface area is 104 Å². The highest BCUT2D eigenvalue weighted by Gasteiger charge is 2.29. The fourth-order valence-corrected chi connectivity index (χ4v) is 2.74. The van der Waals surface area contributed by atoms with Crippen LogP contribution in [0.3, 0.4) is 0 Å². The van der Waals surface area contributed by atoms with Crippen LogP contribution in [0.2, 0.25) is 0 Å². The molecule has 3 nitrogen and oxygen atoms in total. The van der Waals surface area contributed by atoms with E-state index in [0.29, 0.717) is 6.04 Å².